The highest BCUT2D eigenvalue weighted by atomic mass is 16.5. The predicted molar refractivity (Wildman–Crippen MR) is 104 cm³/mol. The van der Waals surface area contributed by atoms with Crippen LogP contribution in [0.2, 0.25) is 0 Å². The third kappa shape index (κ3) is 4.94. The van der Waals surface area contributed by atoms with E-state index in [1.165, 1.54) is 14.2 Å². The van der Waals surface area contributed by atoms with E-state index in [9.17, 15) is 9.90 Å². The first kappa shape index (κ1) is 20.2. The Morgan fingerprint density at radius 3 is 2.15 bits per heavy atom. The number of carboxylic acids is 1. The SMILES string of the molecule is CCCOc1cc(/C=C(\C(=O)O)c2ccc(OC)c(OC)c2)ccc1OC. The number of hydrogen-bond acceptors (Lipinski definition) is 5. The van der Waals surface area contributed by atoms with E-state index < -0.39 is 5.97 Å². The van der Waals surface area contributed by atoms with Gasteiger partial charge in [0.2, 0.25) is 0 Å². The lowest BCUT2D eigenvalue weighted by molar-refractivity contribution is -0.130. The van der Waals surface area contributed by atoms with Crippen LogP contribution in [0.4, 0.5) is 0 Å². The van der Waals surface area contributed by atoms with Crippen molar-refractivity contribution in [1.82, 2.24) is 0 Å². The zero-order valence-corrected chi connectivity index (χ0v) is 15.9. The van der Waals surface area contributed by atoms with Crippen LogP contribution in [0, 0.1) is 0 Å². The molecule has 2 rings (SSSR count). The van der Waals surface area contributed by atoms with Crippen molar-refractivity contribution in [1.29, 1.82) is 0 Å². The summed E-state index contributed by atoms with van der Waals surface area (Å²) in [7, 11) is 4.60. The normalized spacial score (nSPS) is 11.0. The summed E-state index contributed by atoms with van der Waals surface area (Å²) in [5.74, 6) is 1.12. The largest absolute Gasteiger partial charge is 0.493 e. The summed E-state index contributed by atoms with van der Waals surface area (Å²) in [5, 5.41) is 9.69. The summed E-state index contributed by atoms with van der Waals surface area (Å²) >= 11 is 0. The van der Waals surface area contributed by atoms with Crippen molar-refractivity contribution in [2.75, 3.05) is 27.9 Å². The third-order valence-corrected chi connectivity index (χ3v) is 3.89. The predicted octanol–water partition coefficient (Wildman–Crippen LogP) is 4.13. The van der Waals surface area contributed by atoms with Crippen LogP contribution in [0.1, 0.15) is 24.5 Å². The Balaban J connectivity index is 2.48. The molecule has 2 aromatic rings. The Morgan fingerprint density at radius 1 is 0.926 bits per heavy atom. The van der Waals surface area contributed by atoms with Gasteiger partial charge in [-0.15, -0.1) is 0 Å². The number of aliphatic carboxylic acids is 1. The summed E-state index contributed by atoms with van der Waals surface area (Å²) in [6, 6.07) is 10.3. The standard InChI is InChI=1S/C21H24O6/c1-5-10-27-20-12-14(6-8-18(20)25-3)11-16(21(22)23)15-7-9-17(24-2)19(13-15)26-4/h6-9,11-13H,5,10H2,1-4H3,(H,22,23)/b16-11-. The minimum Gasteiger partial charge on any atom is -0.493 e. The second-order valence-corrected chi connectivity index (χ2v) is 5.69. The highest BCUT2D eigenvalue weighted by Gasteiger charge is 2.15. The maximum atomic E-state index is 11.8. The lowest BCUT2D eigenvalue weighted by Crippen LogP contribution is -2.01. The molecule has 0 aliphatic heterocycles. The van der Waals surface area contributed by atoms with Gasteiger partial charge in [-0.2, -0.15) is 0 Å². The fourth-order valence-corrected chi connectivity index (χ4v) is 2.55. The van der Waals surface area contributed by atoms with Crippen molar-refractivity contribution in [3.05, 3.63) is 47.5 Å². The number of carbonyl (C=O) groups is 1. The number of benzene rings is 2. The van der Waals surface area contributed by atoms with Gasteiger partial charge in [0, 0.05) is 0 Å². The summed E-state index contributed by atoms with van der Waals surface area (Å²) in [4.78, 5) is 11.8. The van der Waals surface area contributed by atoms with E-state index in [4.69, 9.17) is 18.9 Å². The van der Waals surface area contributed by atoms with Crippen LogP contribution in [0.3, 0.4) is 0 Å². The second-order valence-electron chi connectivity index (χ2n) is 5.69. The molecule has 2 aromatic carbocycles. The van der Waals surface area contributed by atoms with Gasteiger partial charge in [0.1, 0.15) is 0 Å². The average Bonchev–Trinajstić information content (AvgIpc) is 2.69. The number of ether oxygens (including phenoxy) is 4. The second kappa shape index (κ2) is 9.52. The van der Waals surface area contributed by atoms with Crippen molar-refractivity contribution < 1.29 is 28.8 Å². The van der Waals surface area contributed by atoms with E-state index in [-0.39, 0.29) is 5.57 Å². The van der Waals surface area contributed by atoms with Gasteiger partial charge in [0.05, 0.1) is 33.5 Å². The molecule has 0 bridgehead atoms. The van der Waals surface area contributed by atoms with Crippen LogP contribution in [0.25, 0.3) is 11.6 Å². The molecule has 0 spiro atoms. The summed E-state index contributed by atoms with van der Waals surface area (Å²) < 4.78 is 21.5. The zero-order valence-electron chi connectivity index (χ0n) is 15.9. The number of carboxylic acid groups (broad SMARTS) is 1. The fraction of sp³-hybridized carbons (Fsp3) is 0.286. The van der Waals surface area contributed by atoms with Crippen LogP contribution in [-0.4, -0.2) is 39.0 Å². The highest BCUT2D eigenvalue weighted by Crippen LogP contribution is 2.33. The van der Waals surface area contributed by atoms with E-state index in [2.05, 4.69) is 0 Å². The van der Waals surface area contributed by atoms with Crippen molar-refractivity contribution >= 4 is 17.6 Å². The first-order valence-electron chi connectivity index (χ1n) is 8.52. The lowest BCUT2D eigenvalue weighted by atomic mass is 10.0. The first-order chi connectivity index (χ1) is 13.0. The lowest BCUT2D eigenvalue weighted by Gasteiger charge is -2.12. The van der Waals surface area contributed by atoms with E-state index in [1.54, 1.807) is 49.6 Å². The van der Waals surface area contributed by atoms with Crippen molar-refractivity contribution in [3.8, 4) is 23.0 Å². The average molecular weight is 372 g/mol. The van der Waals surface area contributed by atoms with Gasteiger partial charge in [-0.25, -0.2) is 4.79 Å². The number of methoxy groups -OCH3 is 3. The Bertz CT molecular complexity index is 825. The van der Waals surface area contributed by atoms with Crippen LogP contribution in [-0.2, 0) is 4.79 Å². The molecule has 0 saturated heterocycles. The molecule has 0 radical (unpaired) electrons. The van der Waals surface area contributed by atoms with Crippen LogP contribution >= 0.6 is 0 Å². The van der Waals surface area contributed by atoms with E-state index in [1.807, 2.05) is 6.92 Å². The van der Waals surface area contributed by atoms with E-state index in [0.717, 1.165) is 6.42 Å². The minimum atomic E-state index is -1.05. The quantitative estimate of drug-likeness (QED) is 0.527. The summed E-state index contributed by atoms with van der Waals surface area (Å²) in [6.07, 6.45) is 2.44. The van der Waals surface area contributed by atoms with Gasteiger partial charge in [-0.3, -0.25) is 0 Å². The molecule has 6 nitrogen and oxygen atoms in total. The van der Waals surface area contributed by atoms with Crippen molar-refractivity contribution in [2.24, 2.45) is 0 Å². The maximum absolute atomic E-state index is 11.8. The van der Waals surface area contributed by atoms with Crippen LogP contribution in [0.5, 0.6) is 23.0 Å². The molecule has 27 heavy (non-hydrogen) atoms. The highest BCUT2D eigenvalue weighted by molar-refractivity contribution is 6.20. The Hall–Kier alpha value is -3.15. The molecule has 144 valence electrons. The molecule has 0 unspecified atom stereocenters. The molecule has 0 aliphatic carbocycles. The van der Waals surface area contributed by atoms with Crippen molar-refractivity contribution in [2.45, 2.75) is 13.3 Å². The molecule has 0 fully saturated rings. The number of hydrogen-bond donors (Lipinski definition) is 1. The van der Waals surface area contributed by atoms with Crippen LogP contribution < -0.4 is 18.9 Å². The van der Waals surface area contributed by atoms with Gasteiger partial charge in [0.25, 0.3) is 0 Å². The van der Waals surface area contributed by atoms with Crippen LogP contribution in [0.15, 0.2) is 36.4 Å². The Morgan fingerprint density at radius 2 is 1.56 bits per heavy atom. The van der Waals surface area contributed by atoms with Gasteiger partial charge in [0.15, 0.2) is 23.0 Å². The molecule has 0 amide bonds. The number of rotatable bonds is 9. The van der Waals surface area contributed by atoms with Gasteiger partial charge in [-0.1, -0.05) is 19.1 Å². The smallest absolute Gasteiger partial charge is 0.336 e. The molecular formula is C21H24O6. The first-order valence-corrected chi connectivity index (χ1v) is 8.52. The molecule has 0 heterocycles. The molecular weight excluding hydrogens is 348 g/mol. The third-order valence-electron chi connectivity index (χ3n) is 3.89. The van der Waals surface area contributed by atoms with E-state index in [0.29, 0.717) is 40.7 Å². The molecule has 0 saturated carbocycles. The molecule has 6 heteroatoms. The zero-order chi connectivity index (χ0) is 19.8. The van der Waals surface area contributed by atoms with Gasteiger partial charge < -0.3 is 24.1 Å². The fourth-order valence-electron chi connectivity index (χ4n) is 2.55. The molecule has 1 N–H and O–H groups in total. The topological polar surface area (TPSA) is 74.2 Å². The maximum Gasteiger partial charge on any atom is 0.336 e. The van der Waals surface area contributed by atoms with E-state index >= 15 is 0 Å². The Labute approximate surface area is 158 Å². The minimum absolute atomic E-state index is 0.127. The van der Waals surface area contributed by atoms with Crippen molar-refractivity contribution in [3.63, 3.8) is 0 Å². The van der Waals surface area contributed by atoms with Gasteiger partial charge in [-0.05, 0) is 47.9 Å². The molecule has 0 aliphatic rings. The monoisotopic (exact) mass is 372 g/mol. The molecule has 0 atom stereocenters. The summed E-state index contributed by atoms with van der Waals surface area (Å²) in [5.41, 5.74) is 1.32. The Kier molecular flexibility index (Phi) is 7.11. The van der Waals surface area contributed by atoms with Gasteiger partial charge >= 0.3 is 5.97 Å². The molecule has 0 aromatic heterocycles. The summed E-state index contributed by atoms with van der Waals surface area (Å²) in [6.45, 7) is 2.56.